The quantitative estimate of drug-likeness (QED) is 0.816. The third kappa shape index (κ3) is 4.45. The molecule has 1 heterocycles. The number of halogens is 1. The zero-order chi connectivity index (χ0) is 12.8. The van der Waals surface area contributed by atoms with Crippen LogP contribution in [-0.4, -0.2) is 31.8 Å². The fraction of sp³-hybridized carbons (Fsp3) is 0.462. The van der Waals surface area contributed by atoms with Crippen molar-refractivity contribution in [1.82, 2.24) is 5.32 Å². The van der Waals surface area contributed by atoms with E-state index in [-0.39, 0.29) is 18.6 Å². The van der Waals surface area contributed by atoms with Gasteiger partial charge in [0.25, 0.3) is 5.91 Å². The van der Waals surface area contributed by atoms with Crippen LogP contribution in [0.3, 0.4) is 0 Å². The normalized spacial score (nSPS) is 18.6. The average molecular weight is 361 g/mol. The van der Waals surface area contributed by atoms with Crippen LogP contribution in [0, 0.1) is 3.57 Å². The minimum atomic E-state index is -0.107. The second-order valence-corrected chi connectivity index (χ2v) is 5.43. The van der Waals surface area contributed by atoms with Crippen molar-refractivity contribution in [3.8, 4) is 5.75 Å². The molecule has 0 aliphatic carbocycles. The minimum Gasteiger partial charge on any atom is -0.484 e. The van der Waals surface area contributed by atoms with Gasteiger partial charge in [-0.25, -0.2) is 0 Å². The Kier molecular flexibility index (Phi) is 5.25. The molecular weight excluding hydrogens is 345 g/mol. The van der Waals surface area contributed by atoms with Crippen molar-refractivity contribution in [2.75, 3.05) is 19.8 Å². The number of amides is 1. The van der Waals surface area contributed by atoms with Gasteiger partial charge in [0.1, 0.15) is 5.75 Å². The Labute approximate surface area is 120 Å². The molecule has 1 aliphatic rings. The lowest BCUT2D eigenvalue weighted by atomic mass is 10.2. The third-order valence-electron chi connectivity index (χ3n) is 2.73. The molecule has 1 unspecified atom stereocenters. The van der Waals surface area contributed by atoms with E-state index in [4.69, 9.17) is 9.47 Å². The molecule has 98 valence electrons. The van der Waals surface area contributed by atoms with Crippen LogP contribution >= 0.6 is 22.6 Å². The summed E-state index contributed by atoms with van der Waals surface area (Å²) in [7, 11) is 0. The Bertz CT molecular complexity index is 388. The van der Waals surface area contributed by atoms with Crippen molar-refractivity contribution in [2.45, 2.75) is 18.9 Å². The maximum absolute atomic E-state index is 11.5. The molecule has 1 atom stereocenters. The number of ether oxygens (including phenoxy) is 2. The Hall–Kier alpha value is -0.820. The Balaban J connectivity index is 1.66. The summed E-state index contributed by atoms with van der Waals surface area (Å²) in [4.78, 5) is 11.5. The van der Waals surface area contributed by atoms with Crippen molar-refractivity contribution in [1.29, 1.82) is 0 Å². The number of carbonyl (C=O) groups is 1. The number of nitrogens with one attached hydrogen (secondary N) is 1. The van der Waals surface area contributed by atoms with E-state index < -0.39 is 0 Å². The van der Waals surface area contributed by atoms with Crippen molar-refractivity contribution >= 4 is 28.5 Å². The number of carbonyl (C=O) groups excluding carboxylic acids is 1. The summed E-state index contributed by atoms with van der Waals surface area (Å²) in [6, 6.07) is 7.60. The van der Waals surface area contributed by atoms with Gasteiger partial charge >= 0.3 is 0 Å². The lowest BCUT2D eigenvalue weighted by Crippen LogP contribution is -2.35. The van der Waals surface area contributed by atoms with Crippen LogP contribution in [0.1, 0.15) is 12.8 Å². The molecule has 0 aromatic heterocycles. The van der Waals surface area contributed by atoms with Crippen LogP contribution in [0.15, 0.2) is 24.3 Å². The first kappa shape index (κ1) is 13.6. The lowest BCUT2D eigenvalue weighted by molar-refractivity contribution is -0.123. The zero-order valence-corrected chi connectivity index (χ0v) is 12.2. The summed E-state index contributed by atoms with van der Waals surface area (Å²) < 4.78 is 11.9. The minimum absolute atomic E-state index is 0.0489. The highest BCUT2D eigenvalue weighted by Gasteiger charge is 2.16. The molecule has 1 aromatic rings. The predicted molar refractivity (Wildman–Crippen MR) is 76.6 cm³/mol. The second-order valence-electron chi connectivity index (χ2n) is 4.18. The molecule has 1 saturated heterocycles. The van der Waals surface area contributed by atoms with Crippen LogP contribution in [0.2, 0.25) is 0 Å². The largest absolute Gasteiger partial charge is 0.484 e. The number of rotatable bonds is 5. The average Bonchev–Trinajstić information content (AvgIpc) is 2.89. The van der Waals surface area contributed by atoms with Gasteiger partial charge in [0.2, 0.25) is 0 Å². The van der Waals surface area contributed by atoms with Crippen LogP contribution in [0.25, 0.3) is 0 Å². The summed E-state index contributed by atoms with van der Waals surface area (Å²) in [6.45, 7) is 1.43. The Morgan fingerprint density at radius 3 is 2.89 bits per heavy atom. The van der Waals surface area contributed by atoms with E-state index in [9.17, 15) is 4.79 Å². The molecule has 4 nitrogen and oxygen atoms in total. The molecule has 1 amide bonds. The van der Waals surface area contributed by atoms with Crippen molar-refractivity contribution < 1.29 is 14.3 Å². The highest BCUT2D eigenvalue weighted by atomic mass is 127. The highest BCUT2D eigenvalue weighted by Crippen LogP contribution is 2.13. The summed E-state index contributed by atoms with van der Waals surface area (Å²) >= 11 is 2.22. The highest BCUT2D eigenvalue weighted by molar-refractivity contribution is 14.1. The smallest absolute Gasteiger partial charge is 0.258 e. The van der Waals surface area contributed by atoms with E-state index in [0.29, 0.717) is 12.3 Å². The van der Waals surface area contributed by atoms with Gasteiger partial charge in [-0.3, -0.25) is 4.79 Å². The topological polar surface area (TPSA) is 47.6 Å². The monoisotopic (exact) mass is 361 g/mol. The summed E-state index contributed by atoms with van der Waals surface area (Å²) in [6.07, 6.45) is 2.28. The van der Waals surface area contributed by atoms with Gasteiger partial charge in [0, 0.05) is 16.7 Å². The molecule has 0 bridgehead atoms. The van der Waals surface area contributed by atoms with Gasteiger partial charge in [-0.1, -0.05) is 0 Å². The lowest BCUT2D eigenvalue weighted by Gasteiger charge is -2.11. The molecule has 1 N–H and O–H groups in total. The van der Waals surface area contributed by atoms with E-state index >= 15 is 0 Å². The van der Waals surface area contributed by atoms with Crippen LogP contribution in [0.4, 0.5) is 0 Å². The Morgan fingerprint density at radius 2 is 2.22 bits per heavy atom. The third-order valence-corrected chi connectivity index (χ3v) is 3.45. The first-order valence-electron chi connectivity index (χ1n) is 6.01. The van der Waals surface area contributed by atoms with Gasteiger partial charge in [0.05, 0.1) is 6.10 Å². The van der Waals surface area contributed by atoms with Crippen molar-refractivity contribution in [2.24, 2.45) is 0 Å². The zero-order valence-electron chi connectivity index (χ0n) is 10.0. The molecule has 0 saturated carbocycles. The maximum Gasteiger partial charge on any atom is 0.258 e. The Morgan fingerprint density at radius 1 is 1.44 bits per heavy atom. The van der Waals surface area contributed by atoms with Crippen LogP contribution in [-0.2, 0) is 9.53 Å². The molecule has 0 radical (unpaired) electrons. The van der Waals surface area contributed by atoms with Crippen molar-refractivity contribution in [3.05, 3.63) is 27.8 Å². The van der Waals surface area contributed by atoms with Gasteiger partial charge in [-0.05, 0) is 59.7 Å². The molecule has 5 heteroatoms. The van der Waals surface area contributed by atoms with E-state index in [0.717, 1.165) is 23.0 Å². The van der Waals surface area contributed by atoms with E-state index in [1.807, 2.05) is 24.3 Å². The number of benzene rings is 1. The van der Waals surface area contributed by atoms with E-state index in [1.54, 1.807) is 0 Å². The first-order chi connectivity index (χ1) is 8.74. The van der Waals surface area contributed by atoms with Gasteiger partial charge < -0.3 is 14.8 Å². The molecule has 18 heavy (non-hydrogen) atoms. The maximum atomic E-state index is 11.5. The molecule has 1 aromatic carbocycles. The van der Waals surface area contributed by atoms with E-state index in [1.165, 1.54) is 0 Å². The first-order valence-corrected chi connectivity index (χ1v) is 7.08. The summed E-state index contributed by atoms with van der Waals surface area (Å²) in [5.41, 5.74) is 0. The number of hydrogen-bond donors (Lipinski definition) is 1. The SMILES string of the molecule is O=C(COc1ccc(I)cc1)NCC1CCCO1. The van der Waals surface area contributed by atoms with Crippen LogP contribution < -0.4 is 10.1 Å². The van der Waals surface area contributed by atoms with E-state index in [2.05, 4.69) is 27.9 Å². The van der Waals surface area contributed by atoms with Gasteiger partial charge in [-0.2, -0.15) is 0 Å². The fourth-order valence-corrected chi connectivity index (χ4v) is 2.12. The van der Waals surface area contributed by atoms with Crippen molar-refractivity contribution in [3.63, 3.8) is 0 Å². The standard InChI is InChI=1S/C13H16INO3/c14-10-3-5-11(6-4-10)18-9-13(16)15-8-12-2-1-7-17-12/h3-6,12H,1-2,7-9H2,(H,15,16). The molecule has 1 aliphatic heterocycles. The van der Waals surface area contributed by atoms with Crippen LogP contribution in [0.5, 0.6) is 5.75 Å². The summed E-state index contributed by atoms with van der Waals surface area (Å²) in [5.74, 6) is 0.603. The predicted octanol–water partition coefficient (Wildman–Crippen LogP) is 1.97. The molecule has 2 rings (SSSR count). The fourth-order valence-electron chi connectivity index (χ4n) is 1.76. The van der Waals surface area contributed by atoms with Gasteiger partial charge in [0.15, 0.2) is 6.61 Å². The molecule has 1 fully saturated rings. The summed E-state index contributed by atoms with van der Waals surface area (Å²) in [5, 5.41) is 2.82. The molecular formula is C13H16INO3. The number of hydrogen-bond acceptors (Lipinski definition) is 3. The molecule has 0 spiro atoms. The van der Waals surface area contributed by atoms with Gasteiger partial charge in [-0.15, -0.1) is 0 Å². The second kappa shape index (κ2) is 6.94.